The highest BCUT2D eigenvalue weighted by molar-refractivity contribution is 7.99. The highest BCUT2D eigenvalue weighted by atomic mass is 35.5. The third-order valence-electron chi connectivity index (χ3n) is 2.87. The van der Waals surface area contributed by atoms with Crippen LogP contribution in [0.2, 0.25) is 5.02 Å². The van der Waals surface area contributed by atoms with Crippen LogP contribution in [0.3, 0.4) is 0 Å². The quantitative estimate of drug-likeness (QED) is 0.686. The molecule has 6 heteroatoms. The molecule has 0 aromatic heterocycles. The van der Waals surface area contributed by atoms with Crippen molar-refractivity contribution in [3.05, 3.63) is 29.3 Å². The van der Waals surface area contributed by atoms with E-state index in [1.54, 1.807) is 26.0 Å². The monoisotopic (exact) mass is 284 g/mol. The first-order chi connectivity index (χ1) is 8.41. The van der Waals surface area contributed by atoms with Crippen LogP contribution in [-0.2, 0) is 4.79 Å². The molecule has 1 aliphatic heterocycles. The molecule has 0 bridgehead atoms. The number of nitrogens with zero attached hydrogens (tertiary/aromatic N) is 1. The SMILES string of the molecule is CC1(C)C(=O)NC(=O)N1CSc1ccc(Cl)cc1. The van der Waals surface area contributed by atoms with E-state index in [1.165, 1.54) is 16.7 Å². The number of hydrogen-bond acceptors (Lipinski definition) is 3. The third-order valence-corrected chi connectivity index (χ3v) is 4.11. The molecule has 1 N–H and O–H groups in total. The van der Waals surface area contributed by atoms with Crippen molar-refractivity contribution in [1.82, 2.24) is 10.2 Å². The van der Waals surface area contributed by atoms with E-state index in [0.717, 1.165) is 4.90 Å². The molecule has 4 nitrogen and oxygen atoms in total. The number of halogens is 1. The molecule has 0 radical (unpaired) electrons. The Balaban J connectivity index is 2.04. The number of rotatable bonds is 3. The summed E-state index contributed by atoms with van der Waals surface area (Å²) in [5.74, 6) is 0.163. The van der Waals surface area contributed by atoms with Gasteiger partial charge in [0.05, 0.1) is 5.88 Å². The van der Waals surface area contributed by atoms with E-state index in [2.05, 4.69) is 5.32 Å². The summed E-state index contributed by atoms with van der Waals surface area (Å²) in [6.07, 6.45) is 0. The van der Waals surface area contributed by atoms with E-state index in [4.69, 9.17) is 11.6 Å². The van der Waals surface area contributed by atoms with E-state index < -0.39 is 5.54 Å². The molecule has 1 heterocycles. The van der Waals surface area contributed by atoms with Gasteiger partial charge in [-0.05, 0) is 38.1 Å². The minimum atomic E-state index is -0.795. The van der Waals surface area contributed by atoms with Crippen LogP contribution in [0.1, 0.15) is 13.8 Å². The molecule has 2 rings (SSSR count). The van der Waals surface area contributed by atoms with Crippen molar-refractivity contribution in [3.8, 4) is 0 Å². The van der Waals surface area contributed by atoms with Gasteiger partial charge in [-0.3, -0.25) is 10.1 Å². The topological polar surface area (TPSA) is 49.4 Å². The van der Waals surface area contributed by atoms with Crippen molar-refractivity contribution < 1.29 is 9.59 Å². The largest absolute Gasteiger partial charge is 0.325 e. The Labute approximate surface area is 115 Å². The van der Waals surface area contributed by atoms with Crippen LogP contribution < -0.4 is 5.32 Å². The summed E-state index contributed by atoms with van der Waals surface area (Å²) >= 11 is 7.29. The second-order valence-corrected chi connectivity index (χ2v) is 5.93. The van der Waals surface area contributed by atoms with Crippen LogP contribution in [0.25, 0.3) is 0 Å². The molecule has 1 fully saturated rings. The fourth-order valence-corrected chi connectivity index (χ4v) is 2.76. The molecule has 0 unspecified atom stereocenters. The number of imide groups is 1. The summed E-state index contributed by atoms with van der Waals surface area (Å²) < 4.78 is 0. The average molecular weight is 285 g/mol. The van der Waals surface area contributed by atoms with Crippen molar-refractivity contribution in [2.24, 2.45) is 0 Å². The van der Waals surface area contributed by atoms with E-state index >= 15 is 0 Å². The number of hydrogen-bond donors (Lipinski definition) is 1. The van der Waals surface area contributed by atoms with Crippen LogP contribution in [0.15, 0.2) is 29.2 Å². The maximum Gasteiger partial charge on any atom is 0.325 e. The Kier molecular flexibility index (Phi) is 3.54. The van der Waals surface area contributed by atoms with Gasteiger partial charge >= 0.3 is 6.03 Å². The second-order valence-electron chi connectivity index (χ2n) is 4.47. The normalized spacial score (nSPS) is 18.1. The van der Waals surface area contributed by atoms with Crippen LogP contribution >= 0.6 is 23.4 Å². The lowest BCUT2D eigenvalue weighted by atomic mass is 10.1. The van der Waals surface area contributed by atoms with Gasteiger partial charge in [-0.25, -0.2) is 4.79 Å². The van der Waals surface area contributed by atoms with E-state index in [0.29, 0.717) is 10.9 Å². The molecule has 1 aromatic rings. The zero-order valence-electron chi connectivity index (χ0n) is 10.1. The van der Waals surface area contributed by atoms with Gasteiger partial charge in [-0.15, -0.1) is 11.8 Å². The molecule has 1 saturated heterocycles. The summed E-state index contributed by atoms with van der Waals surface area (Å²) in [5, 5.41) is 2.99. The number of urea groups is 1. The second kappa shape index (κ2) is 4.82. The Morgan fingerprint density at radius 1 is 1.28 bits per heavy atom. The van der Waals surface area contributed by atoms with Crippen LogP contribution in [0.5, 0.6) is 0 Å². The van der Waals surface area contributed by atoms with Crippen LogP contribution in [0, 0.1) is 0 Å². The van der Waals surface area contributed by atoms with Crippen LogP contribution in [-0.4, -0.2) is 28.3 Å². The summed E-state index contributed by atoms with van der Waals surface area (Å²) in [4.78, 5) is 25.7. The highest BCUT2D eigenvalue weighted by Gasteiger charge is 2.45. The fraction of sp³-hybridized carbons (Fsp3) is 0.333. The molecule has 3 amide bonds. The Bertz CT molecular complexity index is 487. The van der Waals surface area contributed by atoms with Crippen molar-refractivity contribution >= 4 is 35.3 Å². The van der Waals surface area contributed by atoms with Crippen molar-refractivity contribution in [2.45, 2.75) is 24.3 Å². The van der Waals surface area contributed by atoms with Gasteiger partial charge in [0, 0.05) is 9.92 Å². The zero-order valence-corrected chi connectivity index (χ0v) is 11.6. The number of benzene rings is 1. The molecular formula is C12H13ClN2O2S. The van der Waals surface area contributed by atoms with Crippen LogP contribution in [0.4, 0.5) is 4.79 Å². The van der Waals surface area contributed by atoms with E-state index in [1.807, 2.05) is 12.1 Å². The van der Waals surface area contributed by atoms with Gasteiger partial charge in [0.1, 0.15) is 5.54 Å². The van der Waals surface area contributed by atoms with Crippen molar-refractivity contribution in [1.29, 1.82) is 0 Å². The van der Waals surface area contributed by atoms with E-state index in [-0.39, 0.29) is 11.9 Å². The first-order valence-corrected chi connectivity index (χ1v) is 6.79. The number of nitrogens with one attached hydrogen (secondary N) is 1. The van der Waals surface area contributed by atoms with E-state index in [9.17, 15) is 9.59 Å². The number of carbonyl (C=O) groups is 2. The van der Waals surface area contributed by atoms with Crippen molar-refractivity contribution in [2.75, 3.05) is 5.88 Å². The fourth-order valence-electron chi connectivity index (χ4n) is 1.58. The lowest BCUT2D eigenvalue weighted by molar-refractivity contribution is -0.124. The Morgan fingerprint density at radius 2 is 1.89 bits per heavy atom. The molecule has 0 spiro atoms. The standard InChI is InChI=1S/C12H13ClN2O2S/c1-12(2)10(16)14-11(17)15(12)7-18-9-5-3-8(13)4-6-9/h3-6H,7H2,1-2H3,(H,14,16,17). The highest BCUT2D eigenvalue weighted by Crippen LogP contribution is 2.27. The number of thioether (sulfide) groups is 1. The maximum absolute atomic E-state index is 11.6. The van der Waals surface area contributed by atoms with Gasteiger partial charge < -0.3 is 4.90 Å². The average Bonchev–Trinajstić information content (AvgIpc) is 2.49. The Morgan fingerprint density at radius 3 is 2.39 bits per heavy atom. The molecule has 1 aromatic carbocycles. The molecule has 0 aliphatic carbocycles. The van der Waals surface area contributed by atoms with Gasteiger partial charge in [0.2, 0.25) is 0 Å². The zero-order chi connectivity index (χ0) is 13.3. The lowest BCUT2D eigenvalue weighted by Crippen LogP contribution is -2.43. The minimum absolute atomic E-state index is 0.260. The summed E-state index contributed by atoms with van der Waals surface area (Å²) in [6, 6.07) is 7.02. The molecule has 1 aliphatic rings. The van der Waals surface area contributed by atoms with Gasteiger partial charge in [-0.2, -0.15) is 0 Å². The van der Waals surface area contributed by atoms with Gasteiger partial charge in [0.15, 0.2) is 0 Å². The van der Waals surface area contributed by atoms with Crippen molar-refractivity contribution in [3.63, 3.8) is 0 Å². The minimum Gasteiger partial charge on any atom is -0.301 e. The lowest BCUT2D eigenvalue weighted by Gasteiger charge is -2.27. The molecule has 0 atom stereocenters. The molecule has 0 saturated carbocycles. The predicted molar refractivity (Wildman–Crippen MR) is 71.6 cm³/mol. The predicted octanol–water partition coefficient (Wildman–Crippen LogP) is 2.72. The molecule has 18 heavy (non-hydrogen) atoms. The number of amides is 3. The number of carbonyl (C=O) groups excluding carboxylic acids is 2. The third kappa shape index (κ3) is 2.47. The summed E-state index contributed by atoms with van der Waals surface area (Å²) in [6.45, 7) is 3.46. The Hall–Kier alpha value is -1.20. The van der Waals surface area contributed by atoms with Gasteiger partial charge in [-0.1, -0.05) is 11.6 Å². The van der Waals surface area contributed by atoms with Gasteiger partial charge in [0.25, 0.3) is 5.91 Å². The first kappa shape index (κ1) is 13.2. The first-order valence-electron chi connectivity index (χ1n) is 5.42. The molecule has 96 valence electrons. The summed E-state index contributed by atoms with van der Waals surface area (Å²) in [7, 11) is 0. The smallest absolute Gasteiger partial charge is 0.301 e. The molecular weight excluding hydrogens is 272 g/mol. The maximum atomic E-state index is 11.6. The summed E-state index contributed by atoms with van der Waals surface area (Å²) in [5.41, 5.74) is -0.795.